The monoisotopic (exact) mass is 208 g/mol. The molecule has 2 aromatic rings. The van der Waals surface area contributed by atoms with Crippen LogP contribution in [0.1, 0.15) is 24.0 Å². The van der Waals surface area contributed by atoms with E-state index in [9.17, 15) is 0 Å². The summed E-state index contributed by atoms with van der Waals surface area (Å²) in [7, 11) is 0. The molecule has 0 bridgehead atoms. The van der Waals surface area contributed by atoms with Gasteiger partial charge in [-0.3, -0.25) is 0 Å². The van der Waals surface area contributed by atoms with Crippen LogP contribution in [0.3, 0.4) is 0 Å². The molecular formula is C16H16. The maximum atomic E-state index is 3.00. The molecule has 1 unspecified atom stereocenters. The fourth-order valence-electron chi connectivity index (χ4n) is 2.31. The average Bonchev–Trinajstić information content (AvgIpc) is 2.74. The molecule has 16 heavy (non-hydrogen) atoms. The third-order valence-electron chi connectivity index (χ3n) is 3.02. The average molecular weight is 208 g/mol. The summed E-state index contributed by atoms with van der Waals surface area (Å²) in [5.41, 5.74) is 2.87. The van der Waals surface area contributed by atoms with Crippen molar-refractivity contribution in [3.63, 3.8) is 0 Å². The summed E-state index contributed by atoms with van der Waals surface area (Å²) in [6.07, 6.45) is 4.50. The van der Waals surface area contributed by atoms with E-state index in [0.717, 1.165) is 0 Å². The lowest BCUT2D eigenvalue weighted by atomic mass is 9.95. The molecule has 0 saturated heterocycles. The minimum absolute atomic E-state index is 0.566. The van der Waals surface area contributed by atoms with E-state index in [-0.39, 0.29) is 0 Å². The number of allylic oxidation sites excluding steroid dienone is 1. The van der Waals surface area contributed by atoms with Crippen LogP contribution in [-0.4, -0.2) is 0 Å². The molecule has 0 radical (unpaired) electrons. The Labute approximate surface area is 96.9 Å². The maximum absolute atomic E-state index is 3.00. The van der Waals surface area contributed by atoms with Gasteiger partial charge in [-0.1, -0.05) is 55.5 Å². The van der Waals surface area contributed by atoms with Gasteiger partial charge in [-0.05, 0) is 21.9 Å². The van der Waals surface area contributed by atoms with Crippen molar-refractivity contribution in [3.8, 4) is 0 Å². The predicted molar refractivity (Wildman–Crippen MR) is 72.7 cm³/mol. The largest absolute Gasteiger partial charge is 0.106 e. The summed E-state index contributed by atoms with van der Waals surface area (Å²) >= 11 is 0. The first-order chi connectivity index (χ1) is 7.86. The Kier molecular flexibility index (Phi) is 2.91. The summed E-state index contributed by atoms with van der Waals surface area (Å²) < 4.78 is 0. The first kappa shape index (κ1) is 10.7. The van der Waals surface area contributed by atoms with Gasteiger partial charge >= 0.3 is 0 Å². The molecule has 0 N–H and O–H groups in total. The van der Waals surface area contributed by atoms with Gasteiger partial charge in [0, 0.05) is 5.92 Å². The Balaban J connectivity index is 0.000000457. The lowest BCUT2D eigenvalue weighted by molar-refractivity contribution is 1.00. The molecule has 0 fully saturated rings. The van der Waals surface area contributed by atoms with Crippen molar-refractivity contribution in [1.29, 1.82) is 0 Å². The van der Waals surface area contributed by atoms with Gasteiger partial charge in [0.2, 0.25) is 0 Å². The Morgan fingerprint density at radius 3 is 2.56 bits per heavy atom. The van der Waals surface area contributed by atoms with E-state index < -0.39 is 0 Å². The summed E-state index contributed by atoms with van der Waals surface area (Å²) in [6.45, 7) is 8.26. The van der Waals surface area contributed by atoms with E-state index in [1.165, 1.54) is 21.9 Å². The minimum Gasteiger partial charge on any atom is -0.106 e. The van der Waals surface area contributed by atoms with Gasteiger partial charge in [0.05, 0.1) is 0 Å². The van der Waals surface area contributed by atoms with Crippen molar-refractivity contribution < 1.29 is 0 Å². The second-order valence-corrected chi connectivity index (χ2v) is 3.94. The number of benzene rings is 2. The van der Waals surface area contributed by atoms with Crippen molar-refractivity contribution in [2.75, 3.05) is 0 Å². The highest BCUT2D eigenvalue weighted by atomic mass is 14.2. The van der Waals surface area contributed by atoms with E-state index in [1.54, 1.807) is 0 Å². The zero-order chi connectivity index (χ0) is 11.5. The van der Waals surface area contributed by atoms with Gasteiger partial charge in [-0.25, -0.2) is 0 Å². The van der Waals surface area contributed by atoms with E-state index in [4.69, 9.17) is 0 Å². The standard InChI is InChI=1S/C14H12.C2H4/c1-10-6-7-12-9-8-11-4-2-3-5-13(11)14(10)12;1-2/h2-10H,1H3;1-2H2. The van der Waals surface area contributed by atoms with Crippen LogP contribution in [0.25, 0.3) is 16.8 Å². The molecule has 0 saturated carbocycles. The van der Waals surface area contributed by atoms with Gasteiger partial charge in [-0.2, -0.15) is 0 Å². The maximum Gasteiger partial charge on any atom is 0.000499 e. The fourth-order valence-corrected chi connectivity index (χ4v) is 2.31. The SMILES string of the molecule is C=C.CC1C=Cc2ccc3ccccc3c21. The zero-order valence-electron chi connectivity index (χ0n) is 9.61. The van der Waals surface area contributed by atoms with Gasteiger partial charge in [0.1, 0.15) is 0 Å². The number of fused-ring (bicyclic) bond motifs is 3. The van der Waals surface area contributed by atoms with Crippen molar-refractivity contribution in [3.05, 3.63) is 66.8 Å². The van der Waals surface area contributed by atoms with Crippen LogP contribution in [0.15, 0.2) is 55.6 Å². The minimum atomic E-state index is 0.566. The molecule has 0 aromatic heterocycles. The third-order valence-corrected chi connectivity index (χ3v) is 3.02. The normalized spacial score (nSPS) is 16.7. The highest BCUT2D eigenvalue weighted by Crippen LogP contribution is 2.35. The van der Waals surface area contributed by atoms with Crippen molar-refractivity contribution >= 4 is 16.8 Å². The topological polar surface area (TPSA) is 0 Å². The van der Waals surface area contributed by atoms with Crippen molar-refractivity contribution in [2.45, 2.75) is 12.8 Å². The lowest BCUT2D eigenvalue weighted by Crippen LogP contribution is -1.89. The molecule has 2 aromatic carbocycles. The molecule has 1 aliphatic rings. The molecule has 3 rings (SSSR count). The van der Waals surface area contributed by atoms with Gasteiger partial charge in [-0.15, -0.1) is 13.2 Å². The molecular weight excluding hydrogens is 192 g/mol. The first-order valence-corrected chi connectivity index (χ1v) is 5.56. The second kappa shape index (κ2) is 4.36. The summed E-state index contributed by atoms with van der Waals surface area (Å²) in [5.74, 6) is 0.566. The summed E-state index contributed by atoms with van der Waals surface area (Å²) in [5, 5.41) is 2.75. The molecule has 0 heterocycles. The molecule has 1 atom stereocenters. The van der Waals surface area contributed by atoms with Gasteiger partial charge < -0.3 is 0 Å². The Bertz CT molecular complexity index is 535. The van der Waals surface area contributed by atoms with E-state index in [2.05, 4.69) is 68.6 Å². The number of hydrogen-bond acceptors (Lipinski definition) is 0. The molecule has 1 aliphatic carbocycles. The highest BCUT2D eigenvalue weighted by molar-refractivity contribution is 5.91. The highest BCUT2D eigenvalue weighted by Gasteiger charge is 2.15. The summed E-state index contributed by atoms with van der Waals surface area (Å²) in [6, 6.07) is 13.0. The van der Waals surface area contributed by atoms with Gasteiger partial charge in [0.15, 0.2) is 0 Å². The molecule has 0 heteroatoms. The lowest BCUT2D eigenvalue weighted by Gasteiger charge is -2.09. The zero-order valence-corrected chi connectivity index (χ0v) is 9.61. The van der Waals surface area contributed by atoms with E-state index >= 15 is 0 Å². The Hall–Kier alpha value is -1.82. The second-order valence-electron chi connectivity index (χ2n) is 3.94. The third kappa shape index (κ3) is 1.57. The van der Waals surface area contributed by atoms with Crippen LogP contribution in [0, 0.1) is 0 Å². The molecule has 0 amide bonds. The molecule has 0 aliphatic heterocycles. The van der Waals surface area contributed by atoms with Crippen LogP contribution in [-0.2, 0) is 0 Å². The van der Waals surface area contributed by atoms with E-state index in [1.807, 2.05) is 0 Å². The van der Waals surface area contributed by atoms with Crippen molar-refractivity contribution in [2.24, 2.45) is 0 Å². The van der Waals surface area contributed by atoms with Gasteiger partial charge in [0.25, 0.3) is 0 Å². The number of rotatable bonds is 0. The van der Waals surface area contributed by atoms with Crippen LogP contribution >= 0.6 is 0 Å². The number of hydrogen-bond donors (Lipinski definition) is 0. The Morgan fingerprint density at radius 1 is 1.00 bits per heavy atom. The molecule has 80 valence electrons. The van der Waals surface area contributed by atoms with Crippen LogP contribution in [0.4, 0.5) is 0 Å². The predicted octanol–water partition coefficient (Wildman–Crippen LogP) is 4.77. The summed E-state index contributed by atoms with van der Waals surface area (Å²) in [4.78, 5) is 0. The smallest absolute Gasteiger partial charge is 0.000499 e. The Morgan fingerprint density at radius 2 is 1.75 bits per heavy atom. The quantitative estimate of drug-likeness (QED) is 0.547. The fraction of sp³-hybridized carbons (Fsp3) is 0.125. The first-order valence-electron chi connectivity index (χ1n) is 5.56. The van der Waals surface area contributed by atoms with Crippen LogP contribution in [0.2, 0.25) is 0 Å². The molecule has 0 spiro atoms. The molecule has 0 nitrogen and oxygen atoms in total. The van der Waals surface area contributed by atoms with E-state index in [0.29, 0.717) is 5.92 Å². The van der Waals surface area contributed by atoms with Crippen LogP contribution < -0.4 is 0 Å². The van der Waals surface area contributed by atoms with Crippen LogP contribution in [0.5, 0.6) is 0 Å². The van der Waals surface area contributed by atoms with Crippen molar-refractivity contribution in [1.82, 2.24) is 0 Å².